The number of halogens is 1. The number of benzene rings is 1. The zero-order valence-electron chi connectivity index (χ0n) is 11.5. The number of aromatic nitrogens is 1. The van der Waals surface area contributed by atoms with Crippen LogP contribution in [0, 0.1) is 18.3 Å². The largest absolute Gasteiger partial charge is 0.490 e. The zero-order valence-corrected chi connectivity index (χ0v) is 12.2. The van der Waals surface area contributed by atoms with Gasteiger partial charge < -0.3 is 9.47 Å². The highest BCUT2D eigenvalue weighted by atomic mass is 35.5. The summed E-state index contributed by atoms with van der Waals surface area (Å²) in [7, 11) is 0. The second kappa shape index (κ2) is 5.72. The van der Waals surface area contributed by atoms with E-state index in [0.717, 1.165) is 29.0 Å². The second-order valence-electron chi connectivity index (χ2n) is 4.93. The van der Waals surface area contributed by atoms with E-state index in [0.29, 0.717) is 11.6 Å². The van der Waals surface area contributed by atoms with Crippen molar-refractivity contribution in [3.8, 4) is 22.9 Å². The molecule has 0 N–H and O–H groups in total. The summed E-state index contributed by atoms with van der Waals surface area (Å²) in [6.07, 6.45) is 1.83. The van der Waals surface area contributed by atoms with Crippen molar-refractivity contribution in [1.82, 2.24) is 4.98 Å². The minimum atomic E-state index is 0.195. The molecule has 3 rings (SSSR count). The fraction of sp³-hybridized carbons (Fsp3) is 0.250. The molecule has 1 saturated heterocycles. The zero-order chi connectivity index (χ0) is 14.8. The summed E-state index contributed by atoms with van der Waals surface area (Å²) in [5.74, 6) is 0.771. The summed E-state index contributed by atoms with van der Waals surface area (Å²) >= 11 is 6.05. The molecule has 1 aromatic carbocycles. The van der Waals surface area contributed by atoms with Crippen LogP contribution >= 0.6 is 11.6 Å². The molecular formula is C16H13ClN2O2. The summed E-state index contributed by atoms with van der Waals surface area (Å²) in [5.41, 5.74) is 3.06. The van der Waals surface area contributed by atoms with Crippen molar-refractivity contribution in [2.75, 3.05) is 13.2 Å². The van der Waals surface area contributed by atoms with E-state index in [1.807, 2.05) is 31.2 Å². The van der Waals surface area contributed by atoms with Crippen LogP contribution in [-0.4, -0.2) is 24.3 Å². The van der Waals surface area contributed by atoms with E-state index in [1.165, 1.54) is 0 Å². The number of rotatable bonds is 4. The van der Waals surface area contributed by atoms with E-state index >= 15 is 0 Å². The molecule has 1 atom stereocenters. The lowest BCUT2D eigenvalue weighted by molar-refractivity contribution is 0.264. The monoisotopic (exact) mass is 300 g/mol. The molecule has 21 heavy (non-hydrogen) atoms. The Bertz CT molecular complexity index is 721. The first-order chi connectivity index (χ1) is 10.2. The normalized spacial score (nSPS) is 16.3. The number of hydrogen-bond donors (Lipinski definition) is 0. The lowest BCUT2D eigenvalue weighted by Crippen LogP contribution is -2.05. The number of aryl methyl sites for hydroxylation is 1. The smallest absolute Gasteiger partial charge is 0.159 e. The highest BCUT2D eigenvalue weighted by molar-refractivity contribution is 6.31. The average Bonchev–Trinajstić information content (AvgIpc) is 3.29. The minimum absolute atomic E-state index is 0.195. The molecule has 1 aliphatic rings. The maximum absolute atomic E-state index is 8.89. The van der Waals surface area contributed by atoms with Gasteiger partial charge in [-0.25, -0.2) is 4.98 Å². The minimum Gasteiger partial charge on any atom is -0.490 e. The number of ether oxygens (including phenoxy) is 2. The first-order valence-corrected chi connectivity index (χ1v) is 6.96. The Morgan fingerprint density at radius 1 is 1.48 bits per heavy atom. The first kappa shape index (κ1) is 13.9. The summed E-state index contributed by atoms with van der Waals surface area (Å²) in [6.45, 7) is 3.30. The van der Waals surface area contributed by atoms with E-state index in [4.69, 9.17) is 26.3 Å². The van der Waals surface area contributed by atoms with Gasteiger partial charge in [0, 0.05) is 17.3 Å². The van der Waals surface area contributed by atoms with Gasteiger partial charge in [0.1, 0.15) is 24.5 Å². The fourth-order valence-corrected chi connectivity index (χ4v) is 2.21. The van der Waals surface area contributed by atoms with E-state index < -0.39 is 0 Å². The van der Waals surface area contributed by atoms with Crippen LogP contribution in [0.5, 0.6) is 5.75 Å². The van der Waals surface area contributed by atoms with Crippen molar-refractivity contribution in [1.29, 1.82) is 5.26 Å². The molecule has 0 unspecified atom stereocenters. The van der Waals surface area contributed by atoms with Crippen LogP contribution < -0.4 is 4.74 Å². The van der Waals surface area contributed by atoms with Crippen molar-refractivity contribution < 1.29 is 9.47 Å². The van der Waals surface area contributed by atoms with Crippen molar-refractivity contribution in [3.63, 3.8) is 0 Å². The molecule has 0 radical (unpaired) electrons. The topological polar surface area (TPSA) is 58.4 Å². The predicted molar refractivity (Wildman–Crippen MR) is 79.4 cm³/mol. The first-order valence-electron chi connectivity index (χ1n) is 6.58. The fourth-order valence-electron chi connectivity index (χ4n) is 2.00. The van der Waals surface area contributed by atoms with Gasteiger partial charge in [0.15, 0.2) is 5.69 Å². The summed E-state index contributed by atoms with van der Waals surface area (Å²) < 4.78 is 11.0. The molecular weight excluding hydrogens is 288 g/mol. The third-order valence-electron chi connectivity index (χ3n) is 3.22. The molecule has 1 fully saturated rings. The average molecular weight is 301 g/mol. The van der Waals surface area contributed by atoms with Crippen LogP contribution in [0.4, 0.5) is 0 Å². The predicted octanol–water partition coefficient (Wildman–Crippen LogP) is 3.36. The van der Waals surface area contributed by atoms with Crippen molar-refractivity contribution in [3.05, 3.63) is 46.7 Å². The van der Waals surface area contributed by atoms with Gasteiger partial charge in [-0.05, 0) is 24.6 Å². The maximum atomic E-state index is 8.89. The Labute approximate surface area is 127 Å². The Hall–Kier alpha value is -2.09. The van der Waals surface area contributed by atoms with Crippen LogP contribution in [0.1, 0.15) is 11.3 Å². The lowest BCUT2D eigenvalue weighted by Gasteiger charge is -2.12. The van der Waals surface area contributed by atoms with Crippen molar-refractivity contribution in [2.45, 2.75) is 13.0 Å². The second-order valence-corrected chi connectivity index (χ2v) is 5.34. The van der Waals surface area contributed by atoms with Crippen LogP contribution in [0.25, 0.3) is 11.1 Å². The molecule has 1 aliphatic heterocycles. The van der Waals surface area contributed by atoms with E-state index in [-0.39, 0.29) is 11.8 Å². The van der Waals surface area contributed by atoms with Gasteiger partial charge in [0.05, 0.1) is 11.6 Å². The Morgan fingerprint density at radius 3 is 2.95 bits per heavy atom. The molecule has 0 bridgehead atoms. The van der Waals surface area contributed by atoms with Gasteiger partial charge in [0.2, 0.25) is 0 Å². The third kappa shape index (κ3) is 3.15. The van der Waals surface area contributed by atoms with E-state index in [1.54, 1.807) is 12.3 Å². The molecule has 0 spiro atoms. The van der Waals surface area contributed by atoms with Gasteiger partial charge in [-0.2, -0.15) is 5.26 Å². The number of nitrogens with zero attached hydrogens (tertiary/aromatic N) is 2. The SMILES string of the molecule is Cc1ccc(-c2cnc(C#N)c(Cl)c2)c(OC[C@@H]2CO2)c1. The summed E-state index contributed by atoms with van der Waals surface area (Å²) in [5, 5.41) is 9.23. The highest BCUT2D eigenvalue weighted by Gasteiger charge is 2.23. The standard InChI is InChI=1S/C16H13ClN2O2/c1-10-2-3-13(16(4-10)21-9-12-8-20-12)11-5-14(17)15(6-18)19-7-11/h2-5,7,12H,8-9H2,1H3/t12-/m0/s1. The molecule has 0 amide bonds. The summed E-state index contributed by atoms with van der Waals surface area (Å²) in [6, 6.07) is 9.64. The summed E-state index contributed by atoms with van der Waals surface area (Å²) in [4.78, 5) is 4.07. The molecule has 106 valence electrons. The number of pyridine rings is 1. The Morgan fingerprint density at radius 2 is 2.29 bits per heavy atom. The van der Waals surface area contributed by atoms with Gasteiger partial charge in [-0.3, -0.25) is 0 Å². The maximum Gasteiger partial charge on any atom is 0.159 e. The molecule has 4 nitrogen and oxygen atoms in total. The van der Waals surface area contributed by atoms with Gasteiger partial charge in [-0.1, -0.05) is 23.7 Å². The quantitative estimate of drug-likeness (QED) is 0.812. The highest BCUT2D eigenvalue weighted by Crippen LogP contribution is 2.33. The van der Waals surface area contributed by atoms with Crippen LogP contribution in [0.3, 0.4) is 0 Å². The molecule has 2 aromatic rings. The van der Waals surface area contributed by atoms with Gasteiger partial charge in [0.25, 0.3) is 0 Å². The lowest BCUT2D eigenvalue weighted by atomic mass is 10.0. The van der Waals surface area contributed by atoms with Crippen molar-refractivity contribution in [2.24, 2.45) is 0 Å². The van der Waals surface area contributed by atoms with E-state index in [9.17, 15) is 0 Å². The van der Waals surface area contributed by atoms with E-state index in [2.05, 4.69) is 4.98 Å². The third-order valence-corrected chi connectivity index (χ3v) is 3.51. The van der Waals surface area contributed by atoms with Crippen LogP contribution in [0.15, 0.2) is 30.5 Å². The number of hydrogen-bond acceptors (Lipinski definition) is 4. The molecule has 0 aliphatic carbocycles. The molecule has 2 heterocycles. The Kier molecular flexibility index (Phi) is 3.78. The van der Waals surface area contributed by atoms with Crippen molar-refractivity contribution >= 4 is 11.6 Å². The van der Waals surface area contributed by atoms with Gasteiger partial charge in [-0.15, -0.1) is 0 Å². The van der Waals surface area contributed by atoms with Crippen LogP contribution in [-0.2, 0) is 4.74 Å². The van der Waals surface area contributed by atoms with Gasteiger partial charge >= 0.3 is 0 Å². The Balaban J connectivity index is 1.96. The number of nitriles is 1. The molecule has 1 aromatic heterocycles. The molecule has 0 saturated carbocycles. The van der Waals surface area contributed by atoms with Crippen LogP contribution in [0.2, 0.25) is 5.02 Å². The molecule has 5 heteroatoms. The number of epoxide rings is 1.